The molecule has 310 valence electrons. The first-order valence-electron chi connectivity index (χ1n) is 16.9. The fourth-order valence-electron chi connectivity index (χ4n) is 5.65. The molecule has 4 rings (SSSR count). The number of nitrogens with zero attached hydrogens (tertiary/aromatic N) is 4. The lowest BCUT2D eigenvalue weighted by Gasteiger charge is -2.29. The van der Waals surface area contributed by atoms with Gasteiger partial charge in [-0.05, 0) is 61.0 Å². The maximum absolute atomic E-state index is 15.9. The van der Waals surface area contributed by atoms with Crippen LogP contribution in [0.1, 0.15) is 44.0 Å². The number of carbonyl (C=O) groups is 2. The van der Waals surface area contributed by atoms with Crippen molar-refractivity contribution in [3.8, 4) is 11.4 Å². The van der Waals surface area contributed by atoms with E-state index in [1.165, 1.54) is 43.6 Å². The third-order valence-corrected chi connectivity index (χ3v) is 12.1. The van der Waals surface area contributed by atoms with Gasteiger partial charge in [0, 0.05) is 40.4 Å². The number of quaternary nitrogens is 1. The van der Waals surface area contributed by atoms with Crippen molar-refractivity contribution in [1.29, 1.82) is 0 Å². The van der Waals surface area contributed by atoms with E-state index in [2.05, 4.69) is 9.72 Å². The van der Waals surface area contributed by atoms with E-state index in [1.54, 1.807) is 39.6 Å². The molecule has 3 aromatic carbocycles. The number of halogens is 8. The van der Waals surface area contributed by atoms with Crippen LogP contribution in [-0.4, -0.2) is 92.3 Å². The van der Waals surface area contributed by atoms with Crippen LogP contribution in [0.4, 0.5) is 30.7 Å². The average molecular weight is 868 g/mol. The molecule has 0 radical (unpaired) electrons. The summed E-state index contributed by atoms with van der Waals surface area (Å²) >= 11 is 7.43. The summed E-state index contributed by atoms with van der Waals surface area (Å²) in [4.78, 5) is 27.7. The lowest BCUT2D eigenvalue weighted by Crippen LogP contribution is -2.47. The van der Waals surface area contributed by atoms with Gasteiger partial charge >= 0.3 is 18.1 Å². The zero-order chi connectivity index (χ0) is 42.8. The lowest BCUT2D eigenvalue weighted by atomic mass is 9.81. The van der Waals surface area contributed by atoms with Crippen molar-refractivity contribution in [3.63, 3.8) is 0 Å². The molecule has 0 amide bonds. The van der Waals surface area contributed by atoms with Crippen LogP contribution >= 0.6 is 23.4 Å². The summed E-state index contributed by atoms with van der Waals surface area (Å²) in [6.45, 7) is 4.27. The first kappa shape index (κ1) is 45.5. The minimum absolute atomic E-state index is 0.0989. The number of ether oxygens (including phenoxy) is 2. The molecule has 10 nitrogen and oxygen atoms in total. The second-order valence-electron chi connectivity index (χ2n) is 14.4. The maximum Gasteiger partial charge on any atom is 0.491 e. The van der Waals surface area contributed by atoms with Crippen LogP contribution < -0.4 is 4.74 Å². The Kier molecular flexibility index (Phi) is 13.9. The molecule has 1 heterocycles. The third kappa shape index (κ3) is 10.5. The third-order valence-electron chi connectivity index (χ3n) is 8.86. The smallest absolute Gasteiger partial charge is 0.491 e. The zero-order valence-electron chi connectivity index (χ0n) is 31.7. The van der Waals surface area contributed by atoms with Crippen LogP contribution in [-0.2, 0) is 35.5 Å². The van der Waals surface area contributed by atoms with E-state index in [0.29, 0.717) is 38.3 Å². The number of methoxy groups -OCH3 is 1. The predicted octanol–water partition coefficient (Wildman–Crippen LogP) is 7.82. The zero-order valence-corrected chi connectivity index (χ0v) is 34.1. The highest BCUT2D eigenvalue weighted by Crippen LogP contribution is 2.40. The van der Waals surface area contributed by atoms with Gasteiger partial charge in [-0.3, -0.25) is 4.57 Å². The Morgan fingerprint density at radius 2 is 1.63 bits per heavy atom. The number of imidazole rings is 1. The van der Waals surface area contributed by atoms with Gasteiger partial charge in [0.05, 0.1) is 51.6 Å². The van der Waals surface area contributed by atoms with E-state index in [1.807, 2.05) is 0 Å². The fourth-order valence-corrected chi connectivity index (χ4v) is 8.76. The summed E-state index contributed by atoms with van der Waals surface area (Å²) in [5.74, 6) is -9.21. The van der Waals surface area contributed by atoms with Gasteiger partial charge in [-0.25, -0.2) is 36.2 Å². The quantitative estimate of drug-likeness (QED) is 0.0392. The Labute approximate surface area is 334 Å². The van der Waals surface area contributed by atoms with Gasteiger partial charge in [0.1, 0.15) is 17.7 Å². The second kappa shape index (κ2) is 17.4. The number of alkyl halides is 3. The molecule has 0 aliphatic carbocycles. The Morgan fingerprint density at radius 1 is 1.00 bits per heavy atom. The van der Waals surface area contributed by atoms with Gasteiger partial charge in [0.15, 0.2) is 16.7 Å². The lowest BCUT2D eigenvalue weighted by molar-refractivity contribution is -0.870. The highest BCUT2D eigenvalue weighted by atomic mass is 35.5. The summed E-state index contributed by atoms with van der Waals surface area (Å²) in [5, 5.41) is -0.153. The molecule has 0 saturated carbocycles. The van der Waals surface area contributed by atoms with Crippen molar-refractivity contribution in [2.24, 2.45) is 0 Å². The van der Waals surface area contributed by atoms with Crippen LogP contribution in [0.25, 0.3) is 5.69 Å². The molecule has 0 N–H and O–H groups in total. The summed E-state index contributed by atoms with van der Waals surface area (Å²) in [6.07, 6.45) is -3.98. The van der Waals surface area contributed by atoms with Crippen LogP contribution in [0.5, 0.6) is 5.75 Å². The minimum Gasteiger partial charge on any atom is -0.494 e. The Bertz CT molecular complexity index is 2220. The van der Waals surface area contributed by atoms with E-state index < -0.39 is 74.3 Å². The molecular weight excluding hydrogens is 829 g/mol. The van der Waals surface area contributed by atoms with Crippen LogP contribution in [0.15, 0.2) is 64.8 Å². The standard InChI is InChI=1S/C37H39ClF7N4O6S2/c1-21(33(50)55-34(51)37(43,44)45)47(13-8-14-49(4,5)6)57(52,53)25-17-27(38)26(28(40)18-25)20-56-35-46-19-31(48(35)24-11-9-23(39)10-12-24)36(2,3)22-15-29(41)32(42)30(16-22)54-7/h9-12,15-19,21H,8,13-14,20H2,1-7H3/q+1. The fraction of sp³-hybridized carbons (Fsp3) is 0.378. The molecule has 0 aliphatic rings. The molecule has 0 spiro atoms. The number of rotatable bonds is 15. The van der Waals surface area contributed by atoms with Crippen LogP contribution in [0, 0.1) is 23.3 Å². The van der Waals surface area contributed by atoms with Gasteiger partial charge in [-0.2, -0.15) is 21.9 Å². The van der Waals surface area contributed by atoms with E-state index in [4.69, 9.17) is 16.3 Å². The first-order valence-corrected chi connectivity index (χ1v) is 19.7. The summed E-state index contributed by atoms with van der Waals surface area (Å²) in [6, 6.07) is 7.22. The molecule has 1 atom stereocenters. The van der Waals surface area contributed by atoms with Gasteiger partial charge < -0.3 is 14.0 Å². The number of thioether (sulfide) groups is 1. The largest absolute Gasteiger partial charge is 0.494 e. The highest BCUT2D eigenvalue weighted by Gasteiger charge is 2.45. The van der Waals surface area contributed by atoms with E-state index in [0.717, 1.165) is 30.8 Å². The first-order chi connectivity index (χ1) is 26.3. The van der Waals surface area contributed by atoms with Crippen molar-refractivity contribution < 1.29 is 62.7 Å². The molecular formula is C37H39ClF7N4O6S2+. The normalized spacial score (nSPS) is 13.2. The minimum atomic E-state index is -5.53. The Hall–Kier alpha value is -4.17. The Morgan fingerprint density at radius 3 is 2.19 bits per heavy atom. The number of carbonyl (C=O) groups excluding carboxylic acids is 2. The summed E-state index contributed by atoms with van der Waals surface area (Å²) < 4.78 is 137. The van der Waals surface area contributed by atoms with Gasteiger partial charge in [0.25, 0.3) is 0 Å². The molecule has 0 aliphatic heterocycles. The number of hydrogen-bond donors (Lipinski definition) is 0. The molecule has 4 aromatic rings. The number of benzene rings is 3. The molecule has 0 saturated heterocycles. The van der Waals surface area contributed by atoms with Crippen molar-refractivity contribution in [2.45, 2.75) is 60.6 Å². The summed E-state index contributed by atoms with van der Waals surface area (Å²) in [7, 11) is 1.70. The number of hydrogen-bond acceptors (Lipinski definition) is 8. The molecule has 57 heavy (non-hydrogen) atoms. The molecule has 1 aromatic heterocycles. The molecule has 0 bridgehead atoms. The molecule has 1 unspecified atom stereocenters. The van der Waals surface area contributed by atoms with E-state index in [9.17, 15) is 44.3 Å². The second-order valence-corrected chi connectivity index (χ2v) is 17.6. The van der Waals surface area contributed by atoms with Crippen molar-refractivity contribution >= 4 is 45.3 Å². The van der Waals surface area contributed by atoms with Crippen molar-refractivity contribution in [3.05, 3.63) is 99.8 Å². The molecule has 0 fully saturated rings. The highest BCUT2D eigenvalue weighted by molar-refractivity contribution is 7.98. The topological polar surface area (TPSA) is 108 Å². The van der Waals surface area contributed by atoms with E-state index >= 15 is 4.39 Å². The number of sulfonamides is 1. The van der Waals surface area contributed by atoms with E-state index in [-0.39, 0.29) is 33.7 Å². The number of esters is 2. The van der Waals surface area contributed by atoms with Crippen LogP contribution in [0.3, 0.4) is 0 Å². The SMILES string of the molecule is COc1cc(C(C)(C)c2cnc(SCc3c(F)cc(S(=O)(=O)N(CCC[N+](C)(C)C)C(C)C(=O)OC(=O)C(F)(F)F)cc3Cl)n2-c2ccc(F)cc2)cc(F)c1F. The van der Waals surface area contributed by atoms with Gasteiger partial charge in [-0.15, -0.1) is 0 Å². The van der Waals surface area contributed by atoms with Gasteiger partial charge in [-0.1, -0.05) is 37.2 Å². The monoisotopic (exact) mass is 867 g/mol. The van der Waals surface area contributed by atoms with Gasteiger partial charge in [0.2, 0.25) is 15.8 Å². The van der Waals surface area contributed by atoms with Crippen molar-refractivity contribution in [2.75, 3.05) is 41.3 Å². The predicted molar refractivity (Wildman–Crippen MR) is 198 cm³/mol. The van der Waals surface area contributed by atoms with Crippen LogP contribution in [0.2, 0.25) is 5.02 Å². The molecule has 20 heteroatoms. The average Bonchev–Trinajstić information content (AvgIpc) is 3.54. The Balaban J connectivity index is 1.71. The summed E-state index contributed by atoms with van der Waals surface area (Å²) in [5.41, 5.74) is -0.155. The maximum atomic E-state index is 15.9. The van der Waals surface area contributed by atoms with Crippen molar-refractivity contribution in [1.82, 2.24) is 13.9 Å². The number of aromatic nitrogens is 2.